The Morgan fingerprint density at radius 3 is 2.65 bits per heavy atom. The van der Waals surface area contributed by atoms with Crippen LogP contribution in [0.25, 0.3) is 10.9 Å². The Labute approximate surface area is 134 Å². The van der Waals surface area contributed by atoms with Crippen LogP contribution < -0.4 is 5.43 Å². The monoisotopic (exact) mass is 312 g/mol. The Kier molecular flexibility index (Phi) is 4.11. The van der Waals surface area contributed by atoms with Crippen LogP contribution in [0.3, 0.4) is 0 Å². The topological polar surface area (TPSA) is 80.1 Å². The molecule has 0 radical (unpaired) electrons. The number of hydrogen-bond acceptors (Lipinski definition) is 4. The number of carbonyl (C=O) groups is 1. The van der Waals surface area contributed by atoms with E-state index in [0.717, 1.165) is 24.2 Å². The number of nitrogens with zero attached hydrogens (tertiary/aromatic N) is 2. The van der Waals surface area contributed by atoms with Gasteiger partial charge in [0.15, 0.2) is 5.43 Å². The molecule has 3 rings (SSSR count). The largest absolute Gasteiger partial charge is 0.481 e. The molecule has 0 unspecified atom stereocenters. The first kappa shape index (κ1) is 15.6. The molecule has 1 aliphatic rings. The van der Waals surface area contributed by atoms with Gasteiger partial charge < -0.3 is 5.11 Å². The molecule has 120 valence electrons. The molecule has 2 aromatic rings. The minimum Gasteiger partial charge on any atom is -0.481 e. The number of fused-ring (bicyclic) bond motifs is 1. The third kappa shape index (κ3) is 3.38. The Balaban J connectivity index is 2.20. The van der Waals surface area contributed by atoms with Gasteiger partial charge in [0, 0.05) is 35.2 Å². The average molecular weight is 312 g/mol. The van der Waals surface area contributed by atoms with E-state index in [1.807, 2.05) is 26.0 Å². The van der Waals surface area contributed by atoms with E-state index in [0.29, 0.717) is 22.5 Å². The normalized spacial score (nSPS) is 14.4. The third-order valence-electron chi connectivity index (χ3n) is 4.12. The highest BCUT2D eigenvalue weighted by molar-refractivity contribution is 5.80. The van der Waals surface area contributed by atoms with E-state index in [1.165, 1.54) is 6.07 Å². The zero-order chi connectivity index (χ0) is 16.6. The minimum absolute atomic E-state index is 0.0366. The maximum absolute atomic E-state index is 12.5. The van der Waals surface area contributed by atoms with E-state index in [-0.39, 0.29) is 24.2 Å². The van der Waals surface area contributed by atoms with Crippen molar-refractivity contribution in [2.24, 2.45) is 0 Å². The summed E-state index contributed by atoms with van der Waals surface area (Å²) in [6.07, 6.45) is 2.51. The van der Waals surface area contributed by atoms with Gasteiger partial charge in [-0.15, -0.1) is 0 Å². The van der Waals surface area contributed by atoms with E-state index in [2.05, 4.69) is 4.98 Å². The van der Waals surface area contributed by atoms with Gasteiger partial charge in [0.25, 0.3) is 0 Å². The minimum atomic E-state index is -0.893. The molecule has 2 heterocycles. The number of rotatable bonds is 5. The van der Waals surface area contributed by atoms with Crippen molar-refractivity contribution in [2.45, 2.75) is 51.4 Å². The lowest BCUT2D eigenvalue weighted by Crippen LogP contribution is -2.02. The van der Waals surface area contributed by atoms with Crippen molar-refractivity contribution in [1.29, 1.82) is 0 Å². The first-order valence-corrected chi connectivity index (χ1v) is 8.02. The summed E-state index contributed by atoms with van der Waals surface area (Å²) in [5, 5.41) is 9.42. The number of aromatic nitrogens is 2. The van der Waals surface area contributed by atoms with Crippen LogP contribution in [-0.2, 0) is 11.2 Å². The lowest BCUT2D eigenvalue weighted by atomic mass is 10.1. The molecular weight excluding hydrogens is 292 g/mol. The van der Waals surface area contributed by atoms with Gasteiger partial charge in [-0.25, -0.2) is 0 Å². The molecule has 0 aliphatic heterocycles. The highest BCUT2D eigenvalue weighted by Gasteiger charge is 2.25. The second-order valence-corrected chi connectivity index (χ2v) is 6.45. The van der Waals surface area contributed by atoms with E-state index >= 15 is 0 Å². The van der Waals surface area contributed by atoms with E-state index in [1.54, 1.807) is 0 Å². The average Bonchev–Trinajstić information content (AvgIpc) is 3.33. The van der Waals surface area contributed by atoms with E-state index in [4.69, 9.17) is 10.1 Å². The molecule has 0 spiro atoms. The highest BCUT2D eigenvalue weighted by Crippen LogP contribution is 2.39. The number of aliphatic carboxylic acids is 1. The van der Waals surface area contributed by atoms with Gasteiger partial charge >= 0.3 is 5.97 Å². The van der Waals surface area contributed by atoms with Gasteiger partial charge in [0.1, 0.15) is 0 Å². The molecular formula is C18H20N2O3. The number of carboxylic acid groups (broad SMARTS) is 1. The lowest BCUT2D eigenvalue weighted by Gasteiger charge is -2.06. The van der Waals surface area contributed by atoms with Crippen LogP contribution in [0.5, 0.6) is 0 Å². The lowest BCUT2D eigenvalue weighted by molar-refractivity contribution is -0.136. The smallest absolute Gasteiger partial charge is 0.303 e. The quantitative estimate of drug-likeness (QED) is 0.918. The molecule has 0 bridgehead atoms. The fourth-order valence-electron chi connectivity index (χ4n) is 2.71. The molecule has 0 saturated heterocycles. The van der Waals surface area contributed by atoms with Crippen molar-refractivity contribution in [2.75, 3.05) is 0 Å². The van der Waals surface area contributed by atoms with Crippen LogP contribution in [0.1, 0.15) is 62.0 Å². The molecule has 0 aromatic carbocycles. The molecule has 0 amide bonds. The Morgan fingerprint density at radius 2 is 2.04 bits per heavy atom. The summed E-state index contributed by atoms with van der Waals surface area (Å²) < 4.78 is 0. The highest BCUT2D eigenvalue weighted by atomic mass is 16.4. The Morgan fingerprint density at radius 1 is 1.30 bits per heavy atom. The van der Waals surface area contributed by atoms with Crippen LogP contribution in [0, 0.1) is 0 Å². The van der Waals surface area contributed by atoms with Crippen molar-refractivity contribution in [3.05, 3.63) is 45.5 Å². The summed E-state index contributed by atoms with van der Waals surface area (Å²) in [6, 6.07) is 5.23. The number of aryl methyl sites for hydroxylation is 1. The first-order valence-electron chi connectivity index (χ1n) is 8.02. The van der Waals surface area contributed by atoms with E-state index in [9.17, 15) is 9.59 Å². The van der Waals surface area contributed by atoms with E-state index < -0.39 is 5.97 Å². The predicted octanol–water partition coefficient (Wildman–Crippen LogP) is 3.01. The maximum atomic E-state index is 12.5. The van der Waals surface area contributed by atoms with Crippen LogP contribution in [-0.4, -0.2) is 21.0 Å². The summed E-state index contributed by atoms with van der Waals surface area (Å²) in [4.78, 5) is 32.6. The van der Waals surface area contributed by atoms with Gasteiger partial charge in [-0.1, -0.05) is 13.8 Å². The molecule has 0 atom stereocenters. The molecule has 5 heteroatoms. The van der Waals surface area contributed by atoms with Crippen molar-refractivity contribution in [1.82, 2.24) is 9.97 Å². The van der Waals surface area contributed by atoms with Crippen LogP contribution in [0.15, 0.2) is 23.0 Å². The number of carboxylic acids is 1. The predicted molar refractivity (Wildman–Crippen MR) is 87.8 cm³/mol. The molecule has 5 nitrogen and oxygen atoms in total. The second kappa shape index (κ2) is 6.07. The Bertz CT molecular complexity index is 826. The van der Waals surface area contributed by atoms with Crippen LogP contribution in [0.4, 0.5) is 0 Å². The third-order valence-corrected chi connectivity index (χ3v) is 4.12. The molecule has 1 N–H and O–H groups in total. The van der Waals surface area contributed by atoms with Crippen molar-refractivity contribution in [3.8, 4) is 0 Å². The summed E-state index contributed by atoms with van der Waals surface area (Å²) in [5.74, 6) is -0.281. The standard InChI is InChI=1S/C18H20N2O3/c1-10(2)17-18-13(6-7-14(20-18)11-3-4-11)15(21)9-12(19-17)5-8-16(22)23/h6-7,9-11H,3-5,8H2,1-2H3,(H,22,23). The van der Waals surface area contributed by atoms with Crippen molar-refractivity contribution in [3.63, 3.8) is 0 Å². The summed E-state index contributed by atoms with van der Waals surface area (Å²) in [5.41, 5.74) is 2.83. The van der Waals surface area contributed by atoms with Gasteiger partial charge in [-0.2, -0.15) is 0 Å². The fourth-order valence-corrected chi connectivity index (χ4v) is 2.71. The molecule has 2 aromatic heterocycles. The van der Waals surface area contributed by atoms with Gasteiger partial charge in [-0.05, 0) is 30.9 Å². The zero-order valence-electron chi connectivity index (χ0n) is 13.4. The second-order valence-electron chi connectivity index (χ2n) is 6.45. The van der Waals surface area contributed by atoms with Gasteiger partial charge in [0.05, 0.1) is 17.6 Å². The first-order chi connectivity index (χ1) is 11.0. The maximum Gasteiger partial charge on any atom is 0.303 e. The summed E-state index contributed by atoms with van der Waals surface area (Å²) >= 11 is 0. The van der Waals surface area contributed by atoms with Crippen LogP contribution >= 0.6 is 0 Å². The Hall–Kier alpha value is -2.30. The fraction of sp³-hybridized carbons (Fsp3) is 0.444. The molecule has 1 saturated carbocycles. The van der Waals surface area contributed by atoms with Crippen molar-refractivity contribution >= 4 is 16.9 Å². The zero-order valence-corrected chi connectivity index (χ0v) is 13.4. The number of pyridine rings is 1. The SMILES string of the molecule is CC(C)c1nc(CCC(=O)O)cc(=O)c2ccc(C3CC3)nc12. The summed E-state index contributed by atoms with van der Waals surface area (Å²) in [6.45, 7) is 4.03. The van der Waals surface area contributed by atoms with Crippen LogP contribution in [0.2, 0.25) is 0 Å². The van der Waals surface area contributed by atoms with Crippen molar-refractivity contribution < 1.29 is 9.90 Å². The molecule has 1 fully saturated rings. The van der Waals surface area contributed by atoms with Gasteiger partial charge in [-0.3, -0.25) is 19.6 Å². The van der Waals surface area contributed by atoms with Gasteiger partial charge in [0.2, 0.25) is 0 Å². The number of hydrogen-bond donors (Lipinski definition) is 1. The summed E-state index contributed by atoms with van der Waals surface area (Å²) in [7, 11) is 0. The molecule has 23 heavy (non-hydrogen) atoms. The molecule has 1 aliphatic carbocycles.